The van der Waals surface area contributed by atoms with Gasteiger partial charge in [-0.2, -0.15) is 0 Å². The Morgan fingerprint density at radius 1 is 1.32 bits per heavy atom. The number of anilines is 1. The van der Waals surface area contributed by atoms with E-state index in [1.54, 1.807) is 0 Å². The maximum atomic E-state index is 12.4. The molecule has 104 valence electrons. The van der Waals surface area contributed by atoms with E-state index in [4.69, 9.17) is 0 Å². The Bertz CT molecular complexity index is 431. The summed E-state index contributed by atoms with van der Waals surface area (Å²) in [6.07, 6.45) is 4.61. The van der Waals surface area contributed by atoms with E-state index in [1.165, 1.54) is 12.8 Å². The second-order valence-corrected chi connectivity index (χ2v) is 5.46. The van der Waals surface area contributed by atoms with Crippen LogP contribution in [-0.4, -0.2) is 18.5 Å². The first kappa shape index (κ1) is 13.9. The second kappa shape index (κ2) is 6.60. The molecule has 3 nitrogen and oxygen atoms in total. The van der Waals surface area contributed by atoms with Crippen molar-refractivity contribution in [3.63, 3.8) is 0 Å². The molecule has 0 bridgehead atoms. The molecule has 0 aliphatic heterocycles. The molecule has 2 rings (SSSR count). The van der Waals surface area contributed by atoms with Crippen LogP contribution in [0.25, 0.3) is 0 Å². The van der Waals surface area contributed by atoms with E-state index in [2.05, 4.69) is 24.5 Å². The fourth-order valence-corrected chi connectivity index (χ4v) is 2.70. The van der Waals surface area contributed by atoms with E-state index >= 15 is 0 Å². The fourth-order valence-electron chi connectivity index (χ4n) is 2.70. The van der Waals surface area contributed by atoms with Crippen LogP contribution in [0, 0.1) is 5.92 Å². The summed E-state index contributed by atoms with van der Waals surface area (Å²) in [6, 6.07) is 8.10. The van der Waals surface area contributed by atoms with Crippen molar-refractivity contribution in [2.24, 2.45) is 5.92 Å². The highest BCUT2D eigenvalue weighted by molar-refractivity contribution is 5.99. The van der Waals surface area contributed by atoms with E-state index in [0.29, 0.717) is 12.0 Å². The van der Waals surface area contributed by atoms with E-state index < -0.39 is 0 Å². The molecule has 1 aliphatic carbocycles. The van der Waals surface area contributed by atoms with Crippen molar-refractivity contribution in [2.75, 3.05) is 11.9 Å². The van der Waals surface area contributed by atoms with Crippen molar-refractivity contribution in [2.45, 2.75) is 45.6 Å². The first-order valence-corrected chi connectivity index (χ1v) is 7.36. The Kier molecular flexibility index (Phi) is 4.83. The normalized spacial score (nSPS) is 22.2. The van der Waals surface area contributed by atoms with Crippen molar-refractivity contribution in [1.29, 1.82) is 0 Å². The topological polar surface area (TPSA) is 41.1 Å². The first-order chi connectivity index (χ1) is 9.22. The van der Waals surface area contributed by atoms with E-state index in [1.807, 2.05) is 24.3 Å². The van der Waals surface area contributed by atoms with Crippen LogP contribution in [0.3, 0.4) is 0 Å². The van der Waals surface area contributed by atoms with Gasteiger partial charge in [-0.15, -0.1) is 0 Å². The molecule has 1 fully saturated rings. The molecule has 1 saturated carbocycles. The minimum atomic E-state index is 0.0537. The molecule has 0 heterocycles. The molecule has 1 amide bonds. The van der Waals surface area contributed by atoms with Crippen molar-refractivity contribution in [3.05, 3.63) is 29.8 Å². The molecule has 2 atom stereocenters. The summed E-state index contributed by atoms with van der Waals surface area (Å²) in [5.41, 5.74) is 1.70. The monoisotopic (exact) mass is 260 g/mol. The predicted octanol–water partition coefficient (Wildman–Crippen LogP) is 3.43. The molecular weight excluding hydrogens is 236 g/mol. The summed E-state index contributed by atoms with van der Waals surface area (Å²) < 4.78 is 0. The SMILES string of the molecule is CCCNc1ccccc1C(=O)NC1CCCC1C. The maximum Gasteiger partial charge on any atom is 0.253 e. The van der Waals surface area contributed by atoms with Gasteiger partial charge >= 0.3 is 0 Å². The molecule has 2 unspecified atom stereocenters. The van der Waals surface area contributed by atoms with Crippen LogP contribution in [0.5, 0.6) is 0 Å². The minimum Gasteiger partial charge on any atom is -0.384 e. The molecule has 1 aliphatic rings. The van der Waals surface area contributed by atoms with Crippen molar-refractivity contribution >= 4 is 11.6 Å². The summed E-state index contributed by atoms with van der Waals surface area (Å²) >= 11 is 0. The zero-order valence-electron chi connectivity index (χ0n) is 11.9. The summed E-state index contributed by atoms with van der Waals surface area (Å²) in [5, 5.41) is 6.50. The Hall–Kier alpha value is -1.51. The lowest BCUT2D eigenvalue weighted by molar-refractivity contribution is 0.0930. The Morgan fingerprint density at radius 3 is 2.79 bits per heavy atom. The van der Waals surface area contributed by atoms with Gasteiger partial charge < -0.3 is 10.6 Å². The van der Waals surface area contributed by atoms with Crippen molar-refractivity contribution in [1.82, 2.24) is 5.32 Å². The zero-order valence-corrected chi connectivity index (χ0v) is 11.9. The summed E-state index contributed by atoms with van der Waals surface area (Å²) in [5.74, 6) is 0.651. The van der Waals surface area contributed by atoms with Crippen molar-refractivity contribution < 1.29 is 4.79 Å². The van der Waals surface area contributed by atoms with Crippen LogP contribution in [-0.2, 0) is 0 Å². The zero-order chi connectivity index (χ0) is 13.7. The second-order valence-electron chi connectivity index (χ2n) is 5.46. The largest absolute Gasteiger partial charge is 0.384 e. The smallest absolute Gasteiger partial charge is 0.253 e. The number of carbonyl (C=O) groups is 1. The maximum absolute atomic E-state index is 12.4. The first-order valence-electron chi connectivity index (χ1n) is 7.36. The number of carbonyl (C=O) groups excluding carboxylic acids is 1. The van der Waals surface area contributed by atoms with Crippen molar-refractivity contribution in [3.8, 4) is 0 Å². The Morgan fingerprint density at radius 2 is 2.11 bits per heavy atom. The van der Waals surface area contributed by atoms with Gasteiger partial charge in [0.2, 0.25) is 0 Å². The minimum absolute atomic E-state index is 0.0537. The molecular formula is C16H24N2O. The lowest BCUT2D eigenvalue weighted by Gasteiger charge is -2.18. The van der Waals surface area contributed by atoms with Gasteiger partial charge in [-0.3, -0.25) is 4.79 Å². The van der Waals surface area contributed by atoms with Crippen LogP contribution in [0.2, 0.25) is 0 Å². The summed E-state index contributed by atoms with van der Waals surface area (Å²) in [6.45, 7) is 5.24. The van der Waals surface area contributed by atoms with Gasteiger partial charge in [0.1, 0.15) is 0 Å². The van der Waals surface area contributed by atoms with Crippen LogP contribution in [0.4, 0.5) is 5.69 Å². The third-order valence-corrected chi connectivity index (χ3v) is 3.92. The third-order valence-electron chi connectivity index (χ3n) is 3.92. The lowest BCUT2D eigenvalue weighted by Crippen LogP contribution is -2.36. The molecule has 1 aromatic rings. The molecule has 0 radical (unpaired) electrons. The van der Waals surface area contributed by atoms with Crippen LogP contribution < -0.4 is 10.6 Å². The number of amides is 1. The van der Waals surface area contributed by atoms with E-state index in [0.717, 1.165) is 30.6 Å². The average molecular weight is 260 g/mol. The number of nitrogens with one attached hydrogen (secondary N) is 2. The summed E-state index contributed by atoms with van der Waals surface area (Å²) in [4.78, 5) is 12.4. The van der Waals surface area contributed by atoms with Crippen LogP contribution >= 0.6 is 0 Å². The van der Waals surface area contributed by atoms with Gasteiger partial charge in [-0.1, -0.05) is 32.4 Å². The van der Waals surface area contributed by atoms with Gasteiger partial charge in [-0.25, -0.2) is 0 Å². The lowest BCUT2D eigenvalue weighted by atomic mass is 10.1. The van der Waals surface area contributed by atoms with Crippen LogP contribution in [0.15, 0.2) is 24.3 Å². The predicted molar refractivity (Wildman–Crippen MR) is 79.5 cm³/mol. The van der Waals surface area contributed by atoms with Gasteiger partial charge in [0.15, 0.2) is 0 Å². The quantitative estimate of drug-likeness (QED) is 0.851. The standard InChI is InChI=1S/C16H24N2O/c1-3-11-17-15-9-5-4-8-13(15)16(19)18-14-10-6-7-12(14)2/h4-5,8-9,12,14,17H,3,6-7,10-11H2,1-2H3,(H,18,19). The highest BCUT2D eigenvalue weighted by Gasteiger charge is 2.25. The van der Waals surface area contributed by atoms with Gasteiger partial charge in [-0.05, 0) is 37.3 Å². The fraction of sp³-hybridized carbons (Fsp3) is 0.562. The highest BCUT2D eigenvalue weighted by atomic mass is 16.1. The molecule has 0 saturated heterocycles. The Balaban J connectivity index is 2.05. The number of benzene rings is 1. The summed E-state index contributed by atoms with van der Waals surface area (Å²) in [7, 11) is 0. The van der Waals surface area contributed by atoms with E-state index in [-0.39, 0.29) is 5.91 Å². The molecule has 0 spiro atoms. The van der Waals surface area contributed by atoms with Crippen LogP contribution in [0.1, 0.15) is 49.9 Å². The molecule has 2 N–H and O–H groups in total. The number of hydrogen-bond acceptors (Lipinski definition) is 2. The highest BCUT2D eigenvalue weighted by Crippen LogP contribution is 2.25. The van der Waals surface area contributed by atoms with Gasteiger partial charge in [0.05, 0.1) is 5.56 Å². The molecule has 3 heteroatoms. The number of hydrogen-bond donors (Lipinski definition) is 2. The third kappa shape index (κ3) is 3.49. The van der Waals surface area contributed by atoms with E-state index in [9.17, 15) is 4.79 Å². The molecule has 0 aromatic heterocycles. The Labute approximate surface area is 115 Å². The molecule has 1 aromatic carbocycles. The number of para-hydroxylation sites is 1. The molecule has 19 heavy (non-hydrogen) atoms. The van der Waals surface area contributed by atoms with Gasteiger partial charge in [0, 0.05) is 18.3 Å². The van der Waals surface area contributed by atoms with Gasteiger partial charge in [0.25, 0.3) is 5.91 Å². The number of rotatable bonds is 5. The average Bonchev–Trinajstić information content (AvgIpc) is 2.82.